The maximum atomic E-state index is 5.73. The molecule has 26 heavy (non-hydrogen) atoms. The Morgan fingerprint density at radius 1 is 0.615 bits per heavy atom. The van der Waals surface area contributed by atoms with Crippen molar-refractivity contribution in [3.05, 3.63) is 72.8 Å². The van der Waals surface area contributed by atoms with Gasteiger partial charge in [-0.1, -0.05) is 60.7 Å². The standard InChI is InChI=1S/C24H22N2/c25-15-5-6-16-26-21-13-11-17-7-1-3-9-19(17)23(21)24-20-10-4-2-8-18(20)12-14-22(24)26/h1-4,7-14H,5-6,15-16,25H2. The predicted molar refractivity (Wildman–Crippen MR) is 113 cm³/mol. The summed E-state index contributed by atoms with van der Waals surface area (Å²) in [6.07, 6.45) is 2.16. The van der Waals surface area contributed by atoms with E-state index < -0.39 is 0 Å². The minimum Gasteiger partial charge on any atom is -0.340 e. The van der Waals surface area contributed by atoms with E-state index in [1.807, 2.05) is 0 Å². The molecule has 2 N–H and O–H groups in total. The van der Waals surface area contributed by atoms with Crippen LogP contribution in [0.1, 0.15) is 12.8 Å². The number of nitrogens with two attached hydrogens (primary N) is 1. The molecule has 0 aliphatic heterocycles. The summed E-state index contributed by atoms with van der Waals surface area (Å²) in [7, 11) is 0. The fourth-order valence-corrected chi connectivity index (χ4v) is 4.28. The molecule has 0 spiro atoms. The highest BCUT2D eigenvalue weighted by Crippen LogP contribution is 2.38. The van der Waals surface area contributed by atoms with E-state index in [9.17, 15) is 0 Å². The molecule has 0 amide bonds. The minimum absolute atomic E-state index is 0.753. The van der Waals surface area contributed by atoms with Gasteiger partial charge in [0.25, 0.3) is 0 Å². The van der Waals surface area contributed by atoms with Crippen LogP contribution in [0.15, 0.2) is 72.8 Å². The molecule has 0 saturated heterocycles. The molecule has 128 valence electrons. The largest absolute Gasteiger partial charge is 0.340 e. The van der Waals surface area contributed by atoms with Crippen molar-refractivity contribution in [3.8, 4) is 0 Å². The maximum absolute atomic E-state index is 5.73. The van der Waals surface area contributed by atoms with Gasteiger partial charge in [0.1, 0.15) is 0 Å². The van der Waals surface area contributed by atoms with E-state index in [0.29, 0.717) is 0 Å². The second-order valence-electron chi connectivity index (χ2n) is 7.01. The first-order chi connectivity index (χ1) is 12.9. The van der Waals surface area contributed by atoms with Crippen molar-refractivity contribution in [2.45, 2.75) is 19.4 Å². The third-order valence-electron chi connectivity index (χ3n) is 5.48. The molecule has 0 aliphatic rings. The Hall–Kier alpha value is -2.84. The lowest BCUT2D eigenvalue weighted by molar-refractivity contribution is 0.643. The molecular formula is C24H22N2. The normalized spacial score (nSPS) is 11.9. The van der Waals surface area contributed by atoms with Crippen LogP contribution in [0.3, 0.4) is 0 Å². The summed E-state index contributed by atoms with van der Waals surface area (Å²) in [5.41, 5.74) is 8.38. The molecular weight excluding hydrogens is 316 g/mol. The number of rotatable bonds is 4. The van der Waals surface area contributed by atoms with Gasteiger partial charge in [0.15, 0.2) is 0 Å². The number of fused-ring (bicyclic) bond motifs is 7. The SMILES string of the molecule is NCCCCn1c2ccc3ccccc3c2c2c3ccccc3ccc21. The zero-order chi connectivity index (χ0) is 17.5. The smallest absolute Gasteiger partial charge is 0.0498 e. The number of nitrogens with zero attached hydrogens (tertiary/aromatic N) is 1. The van der Waals surface area contributed by atoms with E-state index in [1.54, 1.807) is 0 Å². The zero-order valence-corrected chi connectivity index (χ0v) is 14.8. The van der Waals surface area contributed by atoms with Gasteiger partial charge in [-0.05, 0) is 53.1 Å². The third kappa shape index (κ3) is 2.23. The summed E-state index contributed by atoms with van der Waals surface area (Å²) in [5, 5.41) is 8.03. The second-order valence-corrected chi connectivity index (χ2v) is 7.01. The molecule has 5 rings (SSSR count). The van der Waals surface area contributed by atoms with Crippen molar-refractivity contribution in [3.63, 3.8) is 0 Å². The summed E-state index contributed by atoms with van der Waals surface area (Å²) < 4.78 is 2.49. The lowest BCUT2D eigenvalue weighted by Gasteiger charge is -2.07. The molecule has 0 saturated carbocycles. The van der Waals surface area contributed by atoms with Crippen molar-refractivity contribution in [2.24, 2.45) is 5.73 Å². The quantitative estimate of drug-likeness (QED) is 0.410. The van der Waals surface area contributed by atoms with Crippen LogP contribution in [0, 0.1) is 0 Å². The second kappa shape index (κ2) is 6.15. The average Bonchev–Trinajstić information content (AvgIpc) is 3.03. The van der Waals surface area contributed by atoms with Crippen LogP contribution in [0.5, 0.6) is 0 Å². The zero-order valence-electron chi connectivity index (χ0n) is 14.8. The van der Waals surface area contributed by atoms with E-state index in [0.717, 1.165) is 25.9 Å². The molecule has 0 atom stereocenters. The summed E-state index contributed by atoms with van der Waals surface area (Å²) >= 11 is 0. The third-order valence-corrected chi connectivity index (χ3v) is 5.48. The Balaban J connectivity index is 1.97. The number of unbranched alkanes of at least 4 members (excludes halogenated alkanes) is 1. The Labute approximate surface area is 152 Å². The Bertz CT molecular complexity index is 1150. The average molecular weight is 338 g/mol. The van der Waals surface area contributed by atoms with Crippen molar-refractivity contribution in [2.75, 3.05) is 6.54 Å². The first-order valence-corrected chi connectivity index (χ1v) is 9.40. The topological polar surface area (TPSA) is 30.9 Å². The number of benzene rings is 4. The molecule has 0 fully saturated rings. The summed E-state index contributed by atoms with van der Waals surface area (Å²) in [5.74, 6) is 0. The van der Waals surface area contributed by atoms with E-state index >= 15 is 0 Å². The minimum atomic E-state index is 0.753. The molecule has 5 aromatic rings. The summed E-state index contributed by atoms with van der Waals surface area (Å²) in [6, 6.07) is 26.5. The number of hydrogen-bond donors (Lipinski definition) is 1. The van der Waals surface area contributed by atoms with E-state index in [4.69, 9.17) is 5.73 Å². The lowest BCUT2D eigenvalue weighted by atomic mass is 10.00. The Kier molecular flexibility index (Phi) is 3.65. The van der Waals surface area contributed by atoms with Gasteiger partial charge in [0.05, 0.1) is 0 Å². The fraction of sp³-hybridized carbons (Fsp3) is 0.167. The number of aromatic nitrogens is 1. The van der Waals surface area contributed by atoms with Crippen LogP contribution >= 0.6 is 0 Å². The molecule has 0 bridgehead atoms. The van der Waals surface area contributed by atoms with Crippen LogP contribution < -0.4 is 5.73 Å². The molecule has 0 unspecified atom stereocenters. The Morgan fingerprint density at radius 3 is 1.69 bits per heavy atom. The molecule has 1 heterocycles. The monoisotopic (exact) mass is 338 g/mol. The van der Waals surface area contributed by atoms with Crippen LogP contribution in [0.4, 0.5) is 0 Å². The number of hydrogen-bond acceptors (Lipinski definition) is 1. The van der Waals surface area contributed by atoms with Gasteiger partial charge in [-0.25, -0.2) is 0 Å². The van der Waals surface area contributed by atoms with Gasteiger partial charge in [0.2, 0.25) is 0 Å². The van der Waals surface area contributed by atoms with E-state index in [1.165, 1.54) is 43.4 Å². The van der Waals surface area contributed by atoms with Crippen LogP contribution in [0.2, 0.25) is 0 Å². The van der Waals surface area contributed by atoms with Gasteiger partial charge >= 0.3 is 0 Å². The highest BCUT2D eigenvalue weighted by molar-refractivity contribution is 6.27. The van der Waals surface area contributed by atoms with Gasteiger partial charge < -0.3 is 10.3 Å². The molecule has 4 aromatic carbocycles. The predicted octanol–water partition coefficient (Wildman–Crippen LogP) is 5.84. The highest BCUT2D eigenvalue weighted by Gasteiger charge is 2.15. The van der Waals surface area contributed by atoms with Crippen molar-refractivity contribution < 1.29 is 0 Å². The van der Waals surface area contributed by atoms with Crippen LogP contribution in [-0.4, -0.2) is 11.1 Å². The molecule has 2 nitrogen and oxygen atoms in total. The molecule has 1 aromatic heterocycles. The van der Waals surface area contributed by atoms with Gasteiger partial charge in [-0.2, -0.15) is 0 Å². The summed E-state index contributed by atoms with van der Waals surface area (Å²) in [4.78, 5) is 0. The summed E-state index contributed by atoms with van der Waals surface area (Å²) in [6.45, 7) is 1.76. The first-order valence-electron chi connectivity index (χ1n) is 9.40. The fourth-order valence-electron chi connectivity index (χ4n) is 4.28. The van der Waals surface area contributed by atoms with E-state index in [2.05, 4.69) is 77.4 Å². The lowest BCUT2D eigenvalue weighted by Crippen LogP contribution is -2.03. The molecule has 0 aliphatic carbocycles. The molecule has 2 heteroatoms. The van der Waals surface area contributed by atoms with Gasteiger partial charge in [0, 0.05) is 28.4 Å². The highest BCUT2D eigenvalue weighted by atomic mass is 15.0. The number of aryl methyl sites for hydroxylation is 1. The van der Waals surface area contributed by atoms with E-state index in [-0.39, 0.29) is 0 Å². The van der Waals surface area contributed by atoms with Crippen LogP contribution in [0.25, 0.3) is 43.4 Å². The van der Waals surface area contributed by atoms with Gasteiger partial charge in [-0.15, -0.1) is 0 Å². The Morgan fingerprint density at radius 2 is 1.15 bits per heavy atom. The van der Waals surface area contributed by atoms with Crippen molar-refractivity contribution in [1.29, 1.82) is 0 Å². The van der Waals surface area contributed by atoms with Crippen LogP contribution in [-0.2, 0) is 6.54 Å². The van der Waals surface area contributed by atoms with Crippen molar-refractivity contribution >= 4 is 43.4 Å². The van der Waals surface area contributed by atoms with Crippen molar-refractivity contribution in [1.82, 2.24) is 4.57 Å². The first kappa shape index (κ1) is 15.4. The van der Waals surface area contributed by atoms with Gasteiger partial charge in [-0.3, -0.25) is 0 Å². The maximum Gasteiger partial charge on any atom is 0.0498 e. The molecule has 0 radical (unpaired) electrons.